The van der Waals surface area contributed by atoms with E-state index < -0.39 is 5.97 Å². The summed E-state index contributed by atoms with van der Waals surface area (Å²) in [5, 5.41) is 16.6. The van der Waals surface area contributed by atoms with Crippen LogP contribution in [0.5, 0.6) is 0 Å². The van der Waals surface area contributed by atoms with Gasteiger partial charge in [-0.15, -0.1) is 5.10 Å². The summed E-state index contributed by atoms with van der Waals surface area (Å²) >= 11 is 0. The van der Waals surface area contributed by atoms with Crippen molar-refractivity contribution in [2.24, 2.45) is 0 Å². The van der Waals surface area contributed by atoms with E-state index in [0.29, 0.717) is 31.8 Å². The molecule has 0 amide bonds. The molecule has 1 N–H and O–H groups in total. The number of hydrogen-bond acceptors (Lipinski definition) is 5. The van der Waals surface area contributed by atoms with E-state index in [-0.39, 0.29) is 11.3 Å². The topological polar surface area (TPSA) is 99.2 Å². The Kier molecular flexibility index (Phi) is 4.83. The molecule has 2 rings (SSSR count). The normalized spacial score (nSPS) is 10.7. The van der Waals surface area contributed by atoms with Crippen LogP contribution in [0, 0.1) is 0 Å². The van der Waals surface area contributed by atoms with Crippen LogP contribution in [0.3, 0.4) is 0 Å². The molecule has 0 fully saturated rings. The van der Waals surface area contributed by atoms with Crippen LogP contribution >= 0.6 is 0 Å². The summed E-state index contributed by atoms with van der Waals surface area (Å²) in [6.07, 6.45) is 2.07. The largest absolute Gasteiger partial charge is 0.476 e. The lowest BCUT2D eigenvalue weighted by molar-refractivity contribution is 0.0688. The molecule has 112 valence electrons. The van der Waals surface area contributed by atoms with Gasteiger partial charge in [-0.05, 0) is 6.07 Å². The highest BCUT2D eigenvalue weighted by Crippen LogP contribution is 2.07. The summed E-state index contributed by atoms with van der Waals surface area (Å²) in [5.74, 6) is -1.12. The molecule has 2 aromatic rings. The van der Waals surface area contributed by atoms with Crippen molar-refractivity contribution in [3.8, 4) is 0 Å². The molecular formula is C13H16N4O4. The predicted molar refractivity (Wildman–Crippen MR) is 73.3 cm³/mol. The molecule has 2 aromatic heterocycles. The van der Waals surface area contributed by atoms with Crippen molar-refractivity contribution in [3.63, 3.8) is 0 Å². The number of aromatic carboxylic acids is 1. The molecule has 0 aliphatic carbocycles. The Morgan fingerprint density at radius 1 is 1.38 bits per heavy atom. The molecule has 0 atom stereocenters. The van der Waals surface area contributed by atoms with Crippen LogP contribution in [0.2, 0.25) is 0 Å². The highest BCUT2D eigenvalue weighted by molar-refractivity contribution is 5.86. The molecule has 0 aliphatic heterocycles. The van der Waals surface area contributed by atoms with Gasteiger partial charge in [0.05, 0.1) is 18.8 Å². The number of pyridine rings is 1. The summed E-state index contributed by atoms with van der Waals surface area (Å²) in [6.45, 7) is 1.13. The number of aromatic nitrogens is 4. The molecule has 2 heterocycles. The van der Waals surface area contributed by atoms with Gasteiger partial charge in [-0.2, -0.15) is 0 Å². The maximum absolute atomic E-state index is 11.6. The summed E-state index contributed by atoms with van der Waals surface area (Å²) in [7, 11) is 1.54. The summed E-state index contributed by atoms with van der Waals surface area (Å²) in [6, 6.07) is 4.90. The number of carboxylic acids is 1. The van der Waals surface area contributed by atoms with Gasteiger partial charge in [0.15, 0.2) is 5.69 Å². The zero-order chi connectivity index (χ0) is 15.2. The Labute approximate surface area is 120 Å². The van der Waals surface area contributed by atoms with E-state index in [1.54, 1.807) is 18.3 Å². The van der Waals surface area contributed by atoms with Gasteiger partial charge in [0.25, 0.3) is 5.56 Å². The maximum Gasteiger partial charge on any atom is 0.358 e. The molecule has 8 nitrogen and oxygen atoms in total. The van der Waals surface area contributed by atoms with Gasteiger partial charge >= 0.3 is 5.97 Å². The zero-order valence-corrected chi connectivity index (χ0v) is 11.6. The van der Waals surface area contributed by atoms with Gasteiger partial charge in [-0.25, -0.2) is 9.48 Å². The fourth-order valence-corrected chi connectivity index (χ4v) is 1.97. The van der Waals surface area contributed by atoms with Crippen molar-refractivity contribution in [2.45, 2.75) is 19.5 Å². The van der Waals surface area contributed by atoms with Gasteiger partial charge in [-0.1, -0.05) is 11.3 Å². The van der Waals surface area contributed by atoms with Crippen molar-refractivity contribution in [1.29, 1.82) is 0 Å². The number of hydrogen-bond donors (Lipinski definition) is 1. The van der Waals surface area contributed by atoms with Crippen molar-refractivity contribution in [1.82, 2.24) is 19.6 Å². The second-order valence-electron chi connectivity index (χ2n) is 4.39. The average molecular weight is 292 g/mol. The van der Waals surface area contributed by atoms with Gasteiger partial charge < -0.3 is 14.4 Å². The Morgan fingerprint density at radius 2 is 2.19 bits per heavy atom. The third-order valence-corrected chi connectivity index (χ3v) is 3.03. The van der Waals surface area contributed by atoms with E-state index in [0.717, 1.165) is 0 Å². The van der Waals surface area contributed by atoms with E-state index in [2.05, 4.69) is 10.3 Å². The number of carbonyl (C=O) groups is 1. The minimum atomic E-state index is -1.12. The molecule has 0 aliphatic rings. The Bertz CT molecular complexity index is 677. The Hall–Kier alpha value is -2.48. The molecule has 0 unspecified atom stereocenters. The molecule has 0 radical (unpaired) electrons. The summed E-state index contributed by atoms with van der Waals surface area (Å²) < 4.78 is 8.00. The molecule has 0 bridgehead atoms. The van der Waals surface area contributed by atoms with Crippen LogP contribution in [0.1, 0.15) is 16.2 Å². The second-order valence-corrected chi connectivity index (χ2v) is 4.39. The van der Waals surface area contributed by atoms with Crippen molar-refractivity contribution < 1.29 is 14.6 Å². The number of ether oxygens (including phenoxy) is 1. The molecule has 0 saturated carbocycles. The number of rotatable bonds is 7. The van der Waals surface area contributed by atoms with Crippen molar-refractivity contribution in [3.05, 3.63) is 46.1 Å². The van der Waals surface area contributed by atoms with E-state index >= 15 is 0 Å². The van der Waals surface area contributed by atoms with Crippen LogP contribution in [0.15, 0.2) is 29.2 Å². The van der Waals surface area contributed by atoms with Gasteiger partial charge in [0.2, 0.25) is 0 Å². The van der Waals surface area contributed by atoms with Gasteiger partial charge in [-0.3, -0.25) is 4.79 Å². The quantitative estimate of drug-likeness (QED) is 0.772. The first-order valence-corrected chi connectivity index (χ1v) is 6.43. The lowest BCUT2D eigenvalue weighted by Crippen LogP contribution is -2.22. The van der Waals surface area contributed by atoms with Crippen LogP contribution in [0.25, 0.3) is 0 Å². The third-order valence-electron chi connectivity index (χ3n) is 3.03. The monoisotopic (exact) mass is 292 g/mol. The number of carboxylic acid groups (broad SMARTS) is 1. The van der Waals surface area contributed by atoms with Crippen molar-refractivity contribution >= 4 is 5.97 Å². The maximum atomic E-state index is 11.6. The minimum absolute atomic E-state index is 0.0764. The third kappa shape index (κ3) is 3.54. The SMILES string of the molecule is COCCc1c(C(=O)O)nnn1CCn1ccccc1=O. The molecular weight excluding hydrogens is 276 g/mol. The first-order valence-electron chi connectivity index (χ1n) is 6.43. The van der Waals surface area contributed by atoms with Crippen molar-refractivity contribution in [2.75, 3.05) is 13.7 Å². The Balaban J connectivity index is 2.18. The number of nitrogens with zero attached hydrogens (tertiary/aromatic N) is 4. The number of aryl methyl sites for hydroxylation is 2. The summed E-state index contributed by atoms with van der Waals surface area (Å²) in [4.78, 5) is 22.7. The van der Waals surface area contributed by atoms with Crippen LogP contribution < -0.4 is 5.56 Å². The minimum Gasteiger partial charge on any atom is -0.476 e. The van der Waals surface area contributed by atoms with E-state index in [1.807, 2.05) is 0 Å². The fraction of sp³-hybridized carbons (Fsp3) is 0.385. The Morgan fingerprint density at radius 3 is 2.86 bits per heavy atom. The highest BCUT2D eigenvalue weighted by atomic mass is 16.5. The first kappa shape index (κ1) is 14.9. The van der Waals surface area contributed by atoms with Crippen LogP contribution in [-0.2, 0) is 24.2 Å². The molecule has 21 heavy (non-hydrogen) atoms. The average Bonchev–Trinajstić information content (AvgIpc) is 2.87. The van der Waals surface area contributed by atoms with Gasteiger partial charge in [0, 0.05) is 32.3 Å². The van der Waals surface area contributed by atoms with Gasteiger partial charge in [0.1, 0.15) is 0 Å². The van der Waals surface area contributed by atoms with Crippen LogP contribution in [0.4, 0.5) is 0 Å². The van der Waals surface area contributed by atoms with E-state index in [4.69, 9.17) is 9.84 Å². The highest BCUT2D eigenvalue weighted by Gasteiger charge is 2.18. The fourth-order valence-electron chi connectivity index (χ4n) is 1.97. The van der Waals surface area contributed by atoms with E-state index in [9.17, 15) is 9.59 Å². The molecule has 0 saturated heterocycles. The molecule has 8 heteroatoms. The lowest BCUT2D eigenvalue weighted by atomic mass is 10.2. The molecule has 0 spiro atoms. The number of methoxy groups -OCH3 is 1. The zero-order valence-electron chi connectivity index (χ0n) is 11.6. The molecule has 0 aromatic carbocycles. The van der Waals surface area contributed by atoms with E-state index in [1.165, 1.54) is 22.4 Å². The smallest absolute Gasteiger partial charge is 0.358 e. The summed E-state index contributed by atoms with van der Waals surface area (Å²) in [5.41, 5.74) is 0.301. The first-order chi connectivity index (χ1) is 10.1. The second kappa shape index (κ2) is 6.80. The lowest BCUT2D eigenvalue weighted by Gasteiger charge is -2.08. The van der Waals surface area contributed by atoms with Crippen LogP contribution in [-0.4, -0.2) is 44.4 Å². The standard InChI is InChI=1S/C13H16N4O4/c1-21-9-5-10-12(13(19)20)14-15-17(10)8-7-16-6-3-2-4-11(16)18/h2-4,6H,5,7-9H2,1H3,(H,19,20). The predicted octanol–water partition coefficient (Wildman–Crippen LogP) is 0.0271.